The van der Waals surface area contributed by atoms with Crippen molar-refractivity contribution in [2.45, 2.75) is 128 Å². The molecule has 2 aromatic rings. The molecule has 0 spiro atoms. The Morgan fingerprint density at radius 1 is 0.549 bits per heavy atom. The second-order valence-electron chi connectivity index (χ2n) is 16.3. The minimum Gasteiger partial charge on any atom is -0.480 e. The molecule has 0 radical (unpaired) electrons. The first-order valence-corrected chi connectivity index (χ1v) is 22.1. The minimum atomic E-state index is -1.93. The van der Waals surface area contributed by atoms with E-state index < -0.39 is 147 Å². The van der Waals surface area contributed by atoms with Crippen molar-refractivity contribution in [3.8, 4) is 11.1 Å². The third kappa shape index (κ3) is 15.1. The highest BCUT2D eigenvalue weighted by Crippen LogP contribution is 2.44. The number of carbonyl (C=O) groups is 10. The van der Waals surface area contributed by atoms with Crippen molar-refractivity contribution in [1.29, 1.82) is 0 Å². The summed E-state index contributed by atoms with van der Waals surface area (Å²) in [6.07, 6.45) is -18.8. The Kier molecular flexibility index (Phi) is 19.2. The SMILES string of the molecule is CC(=O)OC[C@H]1O[C@@H](NC(=O)NCC[C@H](NC(=O)OCC2c3ccccc3-c3ccccc32)C(=O)O)[C@H](OC(C)=O)[C@@H](OC(C)=O)[C@@H]1O[C@H]1O[C@H](COC(C)=O)[C@@H](OC(C)=O)[C@H](OC(C)=O)[C@H]1OC(C)=O. The van der Waals surface area contributed by atoms with Gasteiger partial charge in [0.2, 0.25) is 0 Å². The fraction of sp³-hybridized carbons (Fsp3) is 0.522. The molecule has 2 fully saturated rings. The highest BCUT2D eigenvalue weighted by atomic mass is 16.8. The maximum atomic E-state index is 13.5. The number of fused-ring (bicyclic) bond motifs is 3. The van der Waals surface area contributed by atoms with Gasteiger partial charge in [-0.15, -0.1) is 0 Å². The zero-order chi connectivity index (χ0) is 52.1. The largest absolute Gasteiger partial charge is 0.480 e. The maximum Gasteiger partial charge on any atom is 0.407 e. The van der Waals surface area contributed by atoms with E-state index in [0.717, 1.165) is 70.7 Å². The average Bonchev–Trinajstić information content (AvgIpc) is 3.60. The van der Waals surface area contributed by atoms with Crippen molar-refractivity contribution in [2.24, 2.45) is 0 Å². The van der Waals surface area contributed by atoms with Gasteiger partial charge in [0.25, 0.3) is 0 Å². The molecule has 25 heteroatoms. The van der Waals surface area contributed by atoms with Crippen molar-refractivity contribution in [1.82, 2.24) is 16.0 Å². The maximum absolute atomic E-state index is 13.5. The van der Waals surface area contributed by atoms with E-state index in [9.17, 15) is 53.1 Å². The van der Waals surface area contributed by atoms with Crippen molar-refractivity contribution < 1.29 is 105 Å². The third-order valence-electron chi connectivity index (χ3n) is 10.9. The number of ether oxygens (including phenoxy) is 11. The van der Waals surface area contributed by atoms with Crippen LogP contribution in [0.5, 0.6) is 0 Å². The third-order valence-corrected chi connectivity index (χ3v) is 10.9. The van der Waals surface area contributed by atoms with Crippen LogP contribution >= 0.6 is 0 Å². The number of aliphatic carboxylic acids is 1. The summed E-state index contributed by atoms with van der Waals surface area (Å²) in [6.45, 7) is 5.15. The fourth-order valence-electron chi connectivity index (χ4n) is 8.18. The highest BCUT2D eigenvalue weighted by Gasteiger charge is 2.57. The smallest absolute Gasteiger partial charge is 0.407 e. The van der Waals surface area contributed by atoms with Crippen LogP contribution in [0.4, 0.5) is 9.59 Å². The lowest BCUT2D eigenvalue weighted by Gasteiger charge is -2.48. The number of esters is 7. The van der Waals surface area contributed by atoms with Crippen molar-refractivity contribution in [3.05, 3.63) is 59.7 Å². The molecule has 2 saturated heterocycles. The van der Waals surface area contributed by atoms with Crippen LogP contribution in [0, 0.1) is 0 Å². The summed E-state index contributed by atoms with van der Waals surface area (Å²) >= 11 is 0. The highest BCUT2D eigenvalue weighted by molar-refractivity contribution is 5.81. The van der Waals surface area contributed by atoms with E-state index in [1.807, 2.05) is 48.5 Å². The second-order valence-corrected chi connectivity index (χ2v) is 16.3. The van der Waals surface area contributed by atoms with E-state index in [1.165, 1.54) is 0 Å². The van der Waals surface area contributed by atoms with Gasteiger partial charge in [-0.05, 0) is 28.7 Å². The van der Waals surface area contributed by atoms with Gasteiger partial charge in [0.05, 0.1) is 0 Å². The number of alkyl carbamates (subject to hydrolysis) is 1. The number of hydrogen-bond acceptors (Lipinski definition) is 21. The van der Waals surface area contributed by atoms with Gasteiger partial charge in [-0.3, -0.25) is 33.6 Å². The van der Waals surface area contributed by atoms with Crippen molar-refractivity contribution in [3.63, 3.8) is 0 Å². The summed E-state index contributed by atoms with van der Waals surface area (Å²) in [4.78, 5) is 125. The molecule has 11 atom stereocenters. The quantitative estimate of drug-likeness (QED) is 0.114. The predicted octanol–water partition coefficient (Wildman–Crippen LogP) is 1.29. The van der Waals surface area contributed by atoms with Gasteiger partial charge in [-0.2, -0.15) is 0 Å². The molecule has 0 unspecified atom stereocenters. The molecule has 3 aliphatic rings. The van der Waals surface area contributed by atoms with Gasteiger partial charge in [-0.25, -0.2) is 14.4 Å². The lowest BCUT2D eigenvalue weighted by Crippen LogP contribution is -2.69. The first-order chi connectivity index (χ1) is 33.6. The first-order valence-electron chi connectivity index (χ1n) is 22.1. The van der Waals surface area contributed by atoms with Gasteiger partial charge < -0.3 is 73.2 Å². The average molecular weight is 1000 g/mol. The number of nitrogens with one attached hydrogen (secondary N) is 3. The molecule has 2 heterocycles. The van der Waals surface area contributed by atoms with Gasteiger partial charge in [0.15, 0.2) is 43.0 Å². The molecule has 4 N–H and O–H groups in total. The summed E-state index contributed by atoms with van der Waals surface area (Å²) in [6, 6.07) is 12.6. The van der Waals surface area contributed by atoms with Gasteiger partial charge in [0, 0.05) is 60.9 Å². The number of carboxylic acid groups (broad SMARTS) is 1. The standard InChI is InChI=1S/C46H55N3O22/c1-21(50)61-19-34-37(71-44-41(68-27(7)56)39(66-25(5)54)36(64-23(3)52)35(70-44)20-62-22(2)51)38(65-24(4)53)40(67-26(6)55)42(69-34)49-45(59)47-17-16-33(43(57)58)48-46(60)63-18-32-30-14-10-8-12-28(30)29-13-9-11-15-31(29)32/h8-15,32-42,44H,16-20H2,1-7H3,(H,48,60)(H,57,58)(H2,47,49,59)/t33-,34+,35+,36+,37+,38-,39-,40+,41+,42+,44+/m0/s1. The minimum absolute atomic E-state index is 0.0984. The topological polar surface area (TPSA) is 329 Å². The number of rotatable bonds is 19. The molecule has 386 valence electrons. The van der Waals surface area contributed by atoms with Crippen molar-refractivity contribution in [2.75, 3.05) is 26.4 Å². The van der Waals surface area contributed by atoms with E-state index in [2.05, 4.69) is 16.0 Å². The molecule has 1 aliphatic carbocycles. The Morgan fingerprint density at radius 3 is 1.52 bits per heavy atom. The summed E-state index contributed by atoms with van der Waals surface area (Å²) < 4.78 is 61.8. The van der Waals surface area contributed by atoms with E-state index in [1.54, 1.807) is 0 Å². The van der Waals surface area contributed by atoms with Crippen LogP contribution in [0.3, 0.4) is 0 Å². The van der Waals surface area contributed by atoms with Gasteiger partial charge in [-0.1, -0.05) is 48.5 Å². The second kappa shape index (κ2) is 25.0. The molecular weight excluding hydrogens is 947 g/mol. The van der Waals surface area contributed by atoms with Crippen LogP contribution in [0.15, 0.2) is 48.5 Å². The fourth-order valence-corrected chi connectivity index (χ4v) is 8.18. The van der Waals surface area contributed by atoms with Crippen LogP contribution in [0.25, 0.3) is 11.1 Å². The number of carbonyl (C=O) groups excluding carboxylic acids is 9. The summed E-state index contributed by atoms with van der Waals surface area (Å²) in [7, 11) is 0. The Bertz CT molecular complexity index is 2280. The Balaban J connectivity index is 1.34. The molecule has 25 nitrogen and oxygen atoms in total. The zero-order valence-electron chi connectivity index (χ0n) is 39.6. The lowest BCUT2D eigenvalue weighted by atomic mass is 9.95. The summed E-state index contributed by atoms with van der Waals surface area (Å²) in [5, 5.41) is 17.0. The van der Waals surface area contributed by atoms with Gasteiger partial charge in [0.1, 0.15) is 44.2 Å². The molecule has 0 aromatic heterocycles. The molecule has 2 aliphatic heterocycles. The van der Waals surface area contributed by atoms with E-state index in [4.69, 9.17) is 52.1 Å². The zero-order valence-corrected chi connectivity index (χ0v) is 39.6. The summed E-state index contributed by atoms with van der Waals surface area (Å²) in [5.74, 6) is -8.31. The van der Waals surface area contributed by atoms with Crippen LogP contribution in [0.2, 0.25) is 0 Å². The number of urea groups is 1. The number of amides is 3. The Labute approximate surface area is 405 Å². The molecule has 0 saturated carbocycles. The lowest BCUT2D eigenvalue weighted by molar-refractivity contribution is -0.345. The van der Waals surface area contributed by atoms with Crippen LogP contribution < -0.4 is 16.0 Å². The first kappa shape index (κ1) is 54.6. The normalized spacial score (nSPS) is 24.7. The molecular formula is C46H55N3O22. The van der Waals surface area contributed by atoms with Crippen LogP contribution in [-0.2, 0) is 90.5 Å². The van der Waals surface area contributed by atoms with E-state index in [-0.39, 0.29) is 18.9 Å². The number of benzene rings is 2. The predicted molar refractivity (Wildman–Crippen MR) is 234 cm³/mol. The van der Waals surface area contributed by atoms with Crippen LogP contribution in [-0.4, -0.2) is 159 Å². The molecule has 2 aromatic carbocycles. The monoisotopic (exact) mass is 1000 g/mol. The molecule has 0 bridgehead atoms. The van der Waals surface area contributed by atoms with Gasteiger partial charge >= 0.3 is 59.9 Å². The number of hydrogen-bond donors (Lipinski definition) is 4. The number of carboxylic acids is 1. The molecule has 71 heavy (non-hydrogen) atoms. The van der Waals surface area contributed by atoms with Crippen molar-refractivity contribution >= 4 is 59.9 Å². The summed E-state index contributed by atoms with van der Waals surface area (Å²) in [5.41, 5.74) is 3.85. The Morgan fingerprint density at radius 2 is 1.01 bits per heavy atom. The Hall–Kier alpha value is -7.38. The van der Waals surface area contributed by atoms with E-state index >= 15 is 0 Å². The van der Waals surface area contributed by atoms with Crippen LogP contribution in [0.1, 0.15) is 71.9 Å². The molecule has 3 amide bonds. The van der Waals surface area contributed by atoms with E-state index in [0.29, 0.717) is 0 Å². The molecule has 5 rings (SSSR count).